The van der Waals surface area contributed by atoms with Gasteiger partial charge in [0.1, 0.15) is 11.3 Å². The Morgan fingerprint density at radius 3 is 2.15 bits per heavy atom. The molecular weight excluding hydrogens is 326 g/mol. The zero-order valence-electron chi connectivity index (χ0n) is 14.9. The fourth-order valence-corrected chi connectivity index (χ4v) is 2.39. The normalized spacial score (nSPS) is 9.77. The van der Waals surface area contributed by atoms with Crippen LogP contribution >= 0.6 is 0 Å². The lowest BCUT2D eigenvalue weighted by Gasteiger charge is -2.11. The second-order valence-corrected chi connectivity index (χ2v) is 5.91. The van der Waals surface area contributed by atoms with Crippen LogP contribution in [0.3, 0.4) is 0 Å². The van der Waals surface area contributed by atoms with Gasteiger partial charge in [0.2, 0.25) is 0 Å². The highest BCUT2D eigenvalue weighted by atomic mass is 16.4. The Morgan fingerprint density at radius 2 is 1.54 bits per heavy atom. The fourth-order valence-electron chi connectivity index (χ4n) is 2.39. The van der Waals surface area contributed by atoms with Gasteiger partial charge in [-0.3, -0.25) is 0 Å². The van der Waals surface area contributed by atoms with Crippen LogP contribution in [0.5, 0.6) is 5.75 Å². The van der Waals surface area contributed by atoms with Crippen molar-refractivity contribution in [1.82, 2.24) is 0 Å². The van der Waals surface area contributed by atoms with Gasteiger partial charge in [-0.15, -0.1) is 0 Å². The van der Waals surface area contributed by atoms with Crippen molar-refractivity contribution in [3.63, 3.8) is 0 Å². The van der Waals surface area contributed by atoms with Crippen LogP contribution in [0.15, 0.2) is 72.8 Å². The van der Waals surface area contributed by atoms with E-state index in [-0.39, 0.29) is 11.3 Å². The Labute approximate surface area is 153 Å². The van der Waals surface area contributed by atoms with E-state index in [9.17, 15) is 4.79 Å². The quantitative estimate of drug-likeness (QED) is 0.619. The lowest BCUT2D eigenvalue weighted by Crippen LogP contribution is -2.01. The highest BCUT2D eigenvalue weighted by Crippen LogP contribution is 2.18. The summed E-state index contributed by atoms with van der Waals surface area (Å²) >= 11 is 0. The number of nitrogens with one attached hydrogen (secondary N) is 1. The monoisotopic (exact) mass is 349 g/mol. The molecule has 0 atom stereocenters. The van der Waals surface area contributed by atoms with Crippen molar-refractivity contribution in [1.29, 1.82) is 0 Å². The summed E-state index contributed by atoms with van der Waals surface area (Å²) in [6, 6.07) is 22.6. The maximum atomic E-state index is 10.3. The van der Waals surface area contributed by atoms with Crippen molar-refractivity contribution in [2.24, 2.45) is 0 Å². The lowest BCUT2D eigenvalue weighted by molar-refractivity contribution is 0.0693. The number of aryl methyl sites for hydroxylation is 1. The summed E-state index contributed by atoms with van der Waals surface area (Å²) in [4.78, 5) is 10.3. The number of benzene rings is 3. The van der Waals surface area contributed by atoms with E-state index in [0.29, 0.717) is 0 Å². The molecule has 0 saturated carbocycles. The highest BCUT2D eigenvalue weighted by molar-refractivity contribution is 5.90. The maximum Gasteiger partial charge on any atom is 0.339 e. The molecule has 134 valence electrons. The molecule has 0 fully saturated rings. The second kappa shape index (κ2) is 9.28. The average Bonchev–Trinajstić information content (AvgIpc) is 2.64. The van der Waals surface area contributed by atoms with Crippen LogP contribution in [0.4, 0.5) is 5.69 Å². The SMILES string of the molecule is Cc1cccc(NCc2ccccc2)c1C.O=C(O)c1ccccc1O. The van der Waals surface area contributed by atoms with Crippen molar-refractivity contribution in [3.8, 4) is 5.75 Å². The molecule has 4 nitrogen and oxygen atoms in total. The van der Waals surface area contributed by atoms with Gasteiger partial charge in [-0.25, -0.2) is 4.79 Å². The third-order valence-electron chi connectivity index (χ3n) is 4.06. The molecule has 0 heterocycles. The number of anilines is 1. The van der Waals surface area contributed by atoms with E-state index >= 15 is 0 Å². The minimum atomic E-state index is -1.11. The van der Waals surface area contributed by atoms with Crippen LogP contribution < -0.4 is 5.32 Å². The van der Waals surface area contributed by atoms with E-state index in [1.54, 1.807) is 12.1 Å². The number of hydrogen-bond donors (Lipinski definition) is 3. The van der Waals surface area contributed by atoms with E-state index < -0.39 is 5.97 Å². The van der Waals surface area contributed by atoms with Crippen molar-refractivity contribution in [2.75, 3.05) is 5.32 Å². The highest BCUT2D eigenvalue weighted by Gasteiger charge is 2.05. The molecule has 0 radical (unpaired) electrons. The molecule has 0 spiro atoms. The molecule has 3 aromatic rings. The van der Waals surface area contributed by atoms with Gasteiger partial charge in [-0.05, 0) is 48.7 Å². The van der Waals surface area contributed by atoms with Gasteiger partial charge in [0, 0.05) is 12.2 Å². The Bertz CT molecular complexity index is 860. The number of hydrogen-bond acceptors (Lipinski definition) is 3. The smallest absolute Gasteiger partial charge is 0.339 e. The molecule has 0 saturated heterocycles. The topological polar surface area (TPSA) is 69.6 Å². The number of carbonyl (C=O) groups is 1. The number of phenols is 1. The van der Waals surface area contributed by atoms with Crippen molar-refractivity contribution in [2.45, 2.75) is 20.4 Å². The summed E-state index contributed by atoms with van der Waals surface area (Å²) < 4.78 is 0. The Morgan fingerprint density at radius 1 is 0.885 bits per heavy atom. The largest absolute Gasteiger partial charge is 0.507 e. The zero-order chi connectivity index (χ0) is 18.9. The molecule has 4 heteroatoms. The molecule has 0 aliphatic rings. The third-order valence-corrected chi connectivity index (χ3v) is 4.06. The molecule has 3 N–H and O–H groups in total. The van der Waals surface area contributed by atoms with Crippen LogP contribution in [-0.4, -0.2) is 16.2 Å². The summed E-state index contributed by atoms with van der Waals surface area (Å²) in [5, 5.41) is 20.8. The molecule has 26 heavy (non-hydrogen) atoms. The fraction of sp³-hybridized carbons (Fsp3) is 0.136. The van der Waals surface area contributed by atoms with Crippen LogP contribution in [0.1, 0.15) is 27.0 Å². The van der Waals surface area contributed by atoms with Crippen molar-refractivity contribution >= 4 is 11.7 Å². The van der Waals surface area contributed by atoms with Crippen molar-refractivity contribution in [3.05, 3.63) is 95.1 Å². The molecule has 0 aliphatic carbocycles. The number of carboxylic acids is 1. The molecule has 3 aromatic carbocycles. The molecule has 0 aliphatic heterocycles. The first-order valence-corrected chi connectivity index (χ1v) is 8.34. The van der Waals surface area contributed by atoms with Gasteiger partial charge in [0.15, 0.2) is 0 Å². The van der Waals surface area contributed by atoms with E-state index in [4.69, 9.17) is 10.2 Å². The third kappa shape index (κ3) is 5.38. The minimum absolute atomic E-state index is 0.0671. The van der Waals surface area contributed by atoms with Gasteiger partial charge >= 0.3 is 5.97 Å². The van der Waals surface area contributed by atoms with Crippen molar-refractivity contribution < 1.29 is 15.0 Å². The van der Waals surface area contributed by atoms with Gasteiger partial charge in [0.25, 0.3) is 0 Å². The van der Waals surface area contributed by atoms with Gasteiger partial charge in [0.05, 0.1) is 0 Å². The molecule has 0 aromatic heterocycles. The summed E-state index contributed by atoms with van der Waals surface area (Å²) in [7, 11) is 0. The van der Waals surface area contributed by atoms with Gasteiger partial charge in [-0.1, -0.05) is 54.6 Å². The average molecular weight is 349 g/mol. The van der Waals surface area contributed by atoms with Crippen LogP contribution in [0.25, 0.3) is 0 Å². The number of para-hydroxylation sites is 1. The van der Waals surface area contributed by atoms with Crippen LogP contribution in [-0.2, 0) is 6.54 Å². The summed E-state index contributed by atoms with van der Waals surface area (Å²) in [6.07, 6.45) is 0. The molecule has 3 rings (SSSR count). The van der Waals surface area contributed by atoms with E-state index in [2.05, 4.69) is 61.6 Å². The molecule has 0 unspecified atom stereocenters. The van der Waals surface area contributed by atoms with Crippen LogP contribution in [0.2, 0.25) is 0 Å². The number of carboxylic acid groups (broad SMARTS) is 1. The van der Waals surface area contributed by atoms with E-state index in [1.165, 1.54) is 34.5 Å². The first-order chi connectivity index (χ1) is 12.5. The van der Waals surface area contributed by atoms with E-state index in [0.717, 1.165) is 6.54 Å². The maximum absolute atomic E-state index is 10.3. The number of aromatic hydroxyl groups is 1. The first-order valence-electron chi connectivity index (χ1n) is 8.34. The number of rotatable bonds is 4. The lowest BCUT2D eigenvalue weighted by atomic mass is 10.1. The minimum Gasteiger partial charge on any atom is -0.507 e. The molecule has 0 bridgehead atoms. The standard InChI is InChI=1S/C15H17N.C7H6O3/c1-12-7-6-10-15(13(12)2)16-11-14-8-4-3-5-9-14;8-6-4-2-1-3-5(6)7(9)10/h3-10,16H,11H2,1-2H3;1-4,8H,(H,9,10). The van der Waals surface area contributed by atoms with Crippen LogP contribution in [0, 0.1) is 13.8 Å². The van der Waals surface area contributed by atoms with Gasteiger partial charge < -0.3 is 15.5 Å². The Hall–Kier alpha value is -3.27. The predicted octanol–water partition coefficient (Wildman–Crippen LogP) is 5.01. The second-order valence-electron chi connectivity index (χ2n) is 5.91. The summed E-state index contributed by atoms with van der Waals surface area (Å²) in [5.74, 6) is -1.31. The van der Waals surface area contributed by atoms with Gasteiger partial charge in [-0.2, -0.15) is 0 Å². The first kappa shape index (κ1) is 19.1. The van der Waals surface area contributed by atoms with E-state index in [1.807, 2.05) is 6.07 Å². The predicted molar refractivity (Wildman–Crippen MR) is 105 cm³/mol. The zero-order valence-corrected chi connectivity index (χ0v) is 14.9. The summed E-state index contributed by atoms with van der Waals surface area (Å²) in [5.41, 5.74) is 5.13. The summed E-state index contributed by atoms with van der Waals surface area (Å²) in [6.45, 7) is 5.18. The molecular formula is C22H23NO3. The Balaban J connectivity index is 0.000000209. The number of aromatic carboxylic acids is 1. The molecule has 0 amide bonds. The Kier molecular flexibility index (Phi) is 6.80.